The van der Waals surface area contributed by atoms with E-state index >= 15 is 0 Å². The summed E-state index contributed by atoms with van der Waals surface area (Å²) in [7, 11) is 0. The summed E-state index contributed by atoms with van der Waals surface area (Å²) in [4.78, 5) is 0. The molecular formula is C75H58O4. The molecule has 0 radical (unpaired) electrons. The number of ether oxygens (including phenoxy) is 2. The average Bonchev–Trinajstić information content (AvgIpc) is 4.02. The first-order chi connectivity index (χ1) is 39.0. The molecule has 4 heteroatoms. The lowest BCUT2D eigenvalue weighted by Gasteiger charge is -2.35. The Labute approximate surface area is 462 Å². The third-order valence-corrected chi connectivity index (χ3v) is 15.9. The van der Waals surface area contributed by atoms with Gasteiger partial charge in [0.2, 0.25) is 0 Å². The lowest BCUT2D eigenvalue weighted by molar-refractivity contribution is 0.200. The predicted octanol–water partition coefficient (Wildman–Crippen LogP) is 16.9. The molecule has 79 heavy (non-hydrogen) atoms. The highest BCUT2D eigenvalue weighted by Crippen LogP contribution is 2.58. The maximum atomic E-state index is 9.84. The number of benzene rings is 12. The monoisotopic (exact) mass is 1020 g/mol. The molecule has 382 valence electrons. The van der Waals surface area contributed by atoms with Gasteiger partial charge in [0.1, 0.15) is 24.7 Å². The summed E-state index contributed by atoms with van der Waals surface area (Å²) < 4.78 is 12.4. The van der Waals surface area contributed by atoms with E-state index in [0.29, 0.717) is 12.8 Å². The molecule has 0 unspecified atom stereocenters. The number of hydrogen-bond donors (Lipinski definition) is 2. The third kappa shape index (κ3) is 9.35. The molecule has 0 atom stereocenters. The molecular weight excluding hydrogens is 965 g/mol. The molecule has 1 aliphatic rings. The molecule has 0 aliphatic heterocycles. The normalized spacial score (nSPS) is 12.3. The topological polar surface area (TPSA) is 58.9 Å². The molecule has 0 bridgehead atoms. The second-order valence-electron chi connectivity index (χ2n) is 20.6. The van der Waals surface area contributed by atoms with Gasteiger partial charge in [-0.05, 0) is 170 Å². The summed E-state index contributed by atoms with van der Waals surface area (Å²) in [5.41, 5.74) is 19.8. The molecule has 1 aliphatic carbocycles. The van der Waals surface area contributed by atoms with Crippen LogP contribution in [0.3, 0.4) is 0 Å². The zero-order chi connectivity index (χ0) is 53.1. The predicted molar refractivity (Wildman–Crippen MR) is 324 cm³/mol. The lowest BCUT2D eigenvalue weighted by Crippen LogP contribution is -2.29. The van der Waals surface area contributed by atoms with E-state index in [4.69, 9.17) is 9.47 Å². The molecule has 2 N–H and O–H groups in total. The SMILES string of the molecule is OCCOc1ccc(-c2cccc(C3(c4cccc(-c5ccc(OCCO)c(Cc6ccccc6)c5)c4)c4cc(-c5cccc6ccccc56)ccc4-c4ccc(-c5cccc6ccccc56)cc43)c2)cc1Cc1ccccc1. The number of aliphatic hydroxyl groups excluding tert-OH is 2. The molecule has 0 amide bonds. The van der Waals surface area contributed by atoms with E-state index in [1.165, 1.54) is 66.1 Å². The fourth-order valence-electron chi connectivity index (χ4n) is 12.3. The van der Waals surface area contributed by atoms with Crippen LogP contribution in [0.1, 0.15) is 44.5 Å². The summed E-state index contributed by atoms with van der Waals surface area (Å²) in [6.07, 6.45) is 1.37. The molecule has 12 aromatic carbocycles. The van der Waals surface area contributed by atoms with Crippen LogP contribution in [-0.2, 0) is 18.3 Å². The minimum Gasteiger partial charge on any atom is -0.491 e. The molecule has 13 rings (SSSR count). The van der Waals surface area contributed by atoms with Crippen LogP contribution in [0.5, 0.6) is 11.5 Å². The molecule has 0 aromatic heterocycles. The second kappa shape index (κ2) is 21.6. The number of hydrogen-bond acceptors (Lipinski definition) is 4. The molecule has 0 saturated heterocycles. The largest absolute Gasteiger partial charge is 0.491 e. The minimum absolute atomic E-state index is 0.0651. The third-order valence-electron chi connectivity index (χ3n) is 15.9. The first-order valence-corrected chi connectivity index (χ1v) is 27.3. The van der Waals surface area contributed by atoms with E-state index in [0.717, 1.165) is 67.1 Å². The van der Waals surface area contributed by atoms with Gasteiger partial charge >= 0.3 is 0 Å². The Morgan fingerprint density at radius 3 is 1.15 bits per heavy atom. The Morgan fingerprint density at radius 2 is 0.696 bits per heavy atom. The average molecular weight is 1020 g/mol. The van der Waals surface area contributed by atoms with Crippen molar-refractivity contribution in [2.24, 2.45) is 0 Å². The van der Waals surface area contributed by atoms with Crippen LogP contribution in [-0.4, -0.2) is 36.6 Å². The standard InChI is InChI=1S/C75H58O4/c76-39-41-78-73-37-33-57(45-61(73)43-51-15-3-1-4-16-51)55-23-11-25-63(47-55)75(64-26-12-24-56(48-64)58-34-38-74(79-42-40-77)62(46-58)44-52-17-5-2-6-18-52)71-49-59(67-29-13-21-53-19-7-9-27-65(53)67)31-35-69(71)70-36-32-60(50-72(70)75)68-30-14-22-54-20-8-10-28-66(54)68/h1-38,45-50,76-77H,39-44H2. The Bertz CT molecular complexity index is 3900. The van der Waals surface area contributed by atoms with Gasteiger partial charge in [0.05, 0.1) is 18.6 Å². The van der Waals surface area contributed by atoms with Crippen LogP contribution in [0.25, 0.3) is 77.2 Å². The fourth-order valence-corrected chi connectivity index (χ4v) is 12.3. The Hall–Kier alpha value is -9.32. The first kappa shape index (κ1) is 49.3. The second-order valence-corrected chi connectivity index (χ2v) is 20.6. The Balaban J connectivity index is 1.07. The van der Waals surface area contributed by atoms with Gasteiger partial charge in [-0.1, -0.05) is 218 Å². The fraction of sp³-hybridized carbons (Fsp3) is 0.0933. The van der Waals surface area contributed by atoms with Crippen molar-refractivity contribution in [3.8, 4) is 67.1 Å². The van der Waals surface area contributed by atoms with Crippen molar-refractivity contribution >= 4 is 21.5 Å². The molecule has 4 nitrogen and oxygen atoms in total. The maximum absolute atomic E-state index is 9.84. The van der Waals surface area contributed by atoms with Crippen molar-refractivity contribution in [1.29, 1.82) is 0 Å². The number of fused-ring (bicyclic) bond motifs is 5. The van der Waals surface area contributed by atoms with Crippen LogP contribution in [0.15, 0.2) is 267 Å². The van der Waals surface area contributed by atoms with Gasteiger partial charge in [0.15, 0.2) is 0 Å². The summed E-state index contributed by atoms with van der Waals surface area (Å²) in [6, 6.07) is 97.3. The summed E-state index contributed by atoms with van der Waals surface area (Å²) in [6.45, 7) is 0.303. The number of aliphatic hydroxyl groups is 2. The van der Waals surface area contributed by atoms with Gasteiger partial charge < -0.3 is 19.7 Å². The quantitative estimate of drug-likeness (QED) is 0.101. The van der Waals surface area contributed by atoms with Crippen molar-refractivity contribution in [2.45, 2.75) is 18.3 Å². The van der Waals surface area contributed by atoms with Crippen molar-refractivity contribution in [3.05, 3.63) is 311 Å². The van der Waals surface area contributed by atoms with Crippen molar-refractivity contribution in [2.75, 3.05) is 26.4 Å². The van der Waals surface area contributed by atoms with E-state index in [1.54, 1.807) is 0 Å². The van der Waals surface area contributed by atoms with Gasteiger partial charge in [-0.3, -0.25) is 0 Å². The molecule has 0 spiro atoms. The lowest BCUT2D eigenvalue weighted by atomic mass is 9.66. The Kier molecular flexibility index (Phi) is 13.5. The molecule has 0 fully saturated rings. The van der Waals surface area contributed by atoms with E-state index in [9.17, 15) is 10.2 Å². The van der Waals surface area contributed by atoms with E-state index in [1.807, 2.05) is 12.1 Å². The number of rotatable bonds is 16. The van der Waals surface area contributed by atoms with E-state index in [-0.39, 0.29) is 26.4 Å². The van der Waals surface area contributed by atoms with Crippen LogP contribution >= 0.6 is 0 Å². The zero-order valence-corrected chi connectivity index (χ0v) is 43.9. The maximum Gasteiger partial charge on any atom is 0.122 e. The first-order valence-electron chi connectivity index (χ1n) is 27.3. The highest BCUT2D eigenvalue weighted by atomic mass is 16.5. The molecule has 0 saturated carbocycles. The van der Waals surface area contributed by atoms with Crippen molar-refractivity contribution in [1.82, 2.24) is 0 Å². The van der Waals surface area contributed by atoms with Crippen LogP contribution < -0.4 is 9.47 Å². The highest BCUT2D eigenvalue weighted by Gasteiger charge is 2.47. The van der Waals surface area contributed by atoms with E-state index in [2.05, 4.69) is 255 Å². The van der Waals surface area contributed by atoms with Crippen molar-refractivity contribution in [3.63, 3.8) is 0 Å². The smallest absolute Gasteiger partial charge is 0.122 e. The molecule has 12 aromatic rings. The van der Waals surface area contributed by atoms with Gasteiger partial charge in [-0.2, -0.15) is 0 Å². The van der Waals surface area contributed by atoms with Gasteiger partial charge in [0.25, 0.3) is 0 Å². The van der Waals surface area contributed by atoms with Gasteiger partial charge in [-0.25, -0.2) is 0 Å². The zero-order valence-electron chi connectivity index (χ0n) is 43.9. The Morgan fingerprint density at radius 1 is 0.304 bits per heavy atom. The molecule has 0 heterocycles. The van der Waals surface area contributed by atoms with Crippen LogP contribution in [0.4, 0.5) is 0 Å². The van der Waals surface area contributed by atoms with E-state index < -0.39 is 5.41 Å². The van der Waals surface area contributed by atoms with Gasteiger partial charge in [0, 0.05) is 12.8 Å². The van der Waals surface area contributed by atoms with Gasteiger partial charge in [-0.15, -0.1) is 0 Å². The van der Waals surface area contributed by atoms with Crippen LogP contribution in [0, 0.1) is 0 Å². The summed E-state index contributed by atoms with van der Waals surface area (Å²) in [5, 5.41) is 24.5. The summed E-state index contributed by atoms with van der Waals surface area (Å²) >= 11 is 0. The summed E-state index contributed by atoms with van der Waals surface area (Å²) in [5.74, 6) is 1.54. The van der Waals surface area contributed by atoms with Crippen LogP contribution in [0.2, 0.25) is 0 Å². The van der Waals surface area contributed by atoms with Crippen molar-refractivity contribution < 1.29 is 19.7 Å². The highest BCUT2D eigenvalue weighted by molar-refractivity contribution is 6.00. The minimum atomic E-state index is -0.827.